The highest BCUT2D eigenvalue weighted by Gasteiger charge is 2.43. The first kappa shape index (κ1) is 22.7. The van der Waals surface area contributed by atoms with Gasteiger partial charge in [-0.05, 0) is 56.6 Å². The molecule has 0 bridgehead atoms. The van der Waals surface area contributed by atoms with Crippen LogP contribution in [0.15, 0.2) is 30.6 Å². The Morgan fingerprint density at radius 3 is 2.56 bits per heavy atom. The number of hydrogen-bond donors (Lipinski definition) is 1. The number of nitrogens with one attached hydrogen (secondary N) is 1. The van der Waals surface area contributed by atoms with Crippen molar-refractivity contribution in [1.29, 1.82) is 0 Å². The van der Waals surface area contributed by atoms with Crippen LogP contribution >= 0.6 is 11.3 Å². The number of urea groups is 1. The lowest BCUT2D eigenvalue weighted by Gasteiger charge is -2.32. The molecule has 5 heterocycles. The second kappa shape index (κ2) is 8.75. The number of aryl methyl sites for hydroxylation is 1. The van der Waals surface area contributed by atoms with Crippen molar-refractivity contribution in [3.05, 3.63) is 57.9 Å². The fourth-order valence-electron chi connectivity index (χ4n) is 5.28. The number of hydrazine groups is 1. The van der Waals surface area contributed by atoms with E-state index in [1.807, 2.05) is 6.07 Å². The zero-order valence-corrected chi connectivity index (χ0v) is 20.5. The molecule has 0 radical (unpaired) electrons. The Labute approximate surface area is 210 Å². The predicted octanol–water partition coefficient (Wildman–Crippen LogP) is 2.83. The molecule has 3 aliphatic rings. The SMILES string of the molecule is Cc1cc2c(C3CCN(Cc4ccc5c(c4)C(=O)N(N4CCC(=O)NC4=O)C5=O)CC3)ncnc2s1. The molecule has 2 fully saturated rings. The maximum absolute atomic E-state index is 13.1. The van der Waals surface area contributed by atoms with Crippen molar-refractivity contribution in [3.63, 3.8) is 0 Å². The summed E-state index contributed by atoms with van der Waals surface area (Å²) in [5, 5.41) is 5.17. The molecule has 3 aromatic rings. The van der Waals surface area contributed by atoms with Crippen LogP contribution in [0.2, 0.25) is 0 Å². The molecule has 36 heavy (non-hydrogen) atoms. The summed E-state index contributed by atoms with van der Waals surface area (Å²) in [5.41, 5.74) is 2.62. The molecule has 11 heteroatoms. The number of hydrogen-bond acceptors (Lipinski definition) is 8. The first-order valence-electron chi connectivity index (χ1n) is 12.0. The number of imide groups is 2. The van der Waals surface area contributed by atoms with Crippen molar-refractivity contribution < 1.29 is 19.2 Å². The standard InChI is InChI=1S/C25H24N6O4S/c1-14-10-19-21(26-13-27-22(19)36-14)16-4-7-29(8-5-16)12-15-2-3-17-18(11-15)24(34)31(23(17)33)30-9-6-20(32)28-25(30)35/h2-3,10-11,13,16H,4-9,12H2,1H3,(H,28,32,35). The van der Waals surface area contributed by atoms with Gasteiger partial charge in [-0.1, -0.05) is 6.07 Å². The van der Waals surface area contributed by atoms with Crippen molar-refractivity contribution in [3.8, 4) is 0 Å². The summed E-state index contributed by atoms with van der Waals surface area (Å²) in [5.74, 6) is -1.13. The van der Waals surface area contributed by atoms with Gasteiger partial charge in [0.25, 0.3) is 11.8 Å². The molecule has 5 amide bonds. The van der Waals surface area contributed by atoms with Crippen LogP contribution in [0.25, 0.3) is 10.2 Å². The average Bonchev–Trinajstić information content (AvgIpc) is 3.36. The summed E-state index contributed by atoms with van der Waals surface area (Å²) in [6.45, 7) is 4.54. The van der Waals surface area contributed by atoms with Crippen LogP contribution < -0.4 is 5.32 Å². The summed E-state index contributed by atoms with van der Waals surface area (Å²) >= 11 is 1.70. The van der Waals surface area contributed by atoms with Crippen LogP contribution in [-0.4, -0.2) is 68.3 Å². The third-order valence-electron chi connectivity index (χ3n) is 7.07. The molecule has 1 aromatic carbocycles. The number of benzene rings is 1. The van der Waals surface area contributed by atoms with Gasteiger partial charge < -0.3 is 0 Å². The smallest absolute Gasteiger partial charge is 0.299 e. The number of rotatable bonds is 4. The van der Waals surface area contributed by atoms with Crippen LogP contribution in [0, 0.1) is 6.92 Å². The van der Waals surface area contributed by atoms with E-state index in [-0.39, 0.29) is 24.1 Å². The van der Waals surface area contributed by atoms with E-state index >= 15 is 0 Å². The van der Waals surface area contributed by atoms with Gasteiger partial charge in [0, 0.05) is 29.1 Å². The Balaban J connectivity index is 1.14. The van der Waals surface area contributed by atoms with Gasteiger partial charge >= 0.3 is 6.03 Å². The molecule has 0 unspecified atom stereocenters. The van der Waals surface area contributed by atoms with E-state index in [0.29, 0.717) is 12.5 Å². The van der Waals surface area contributed by atoms with E-state index in [0.717, 1.165) is 57.4 Å². The first-order chi connectivity index (χ1) is 17.4. The zero-order valence-electron chi connectivity index (χ0n) is 19.7. The summed E-state index contributed by atoms with van der Waals surface area (Å²) in [6, 6.07) is 6.68. The molecule has 0 spiro atoms. The molecule has 10 nitrogen and oxygen atoms in total. The number of likely N-dealkylation sites (tertiary alicyclic amines) is 1. The molecule has 6 rings (SSSR count). The van der Waals surface area contributed by atoms with Crippen LogP contribution in [0.4, 0.5) is 4.79 Å². The third kappa shape index (κ3) is 3.84. The predicted molar refractivity (Wildman–Crippen MR) is 131 cm³/mol. The topological polar surface area (TPSA) is 116 Å². The molecular formula is C25H24N6O4S. The maximum Gasteiger partial charge on any atom is 0.343 e. The van der Waals surface area contributed by atoms with Gasteiger partial charge in [0.15, 0.2) is 0 Å². The molecule has 3 aliphatic heterocycles. The molecular weight excluding hydrogens is 480 g/mol. The highest BCUT2D eigenvalue weighted by molar-refractivity contribution is 7.18. The molecule has 0 aliphatic carbocycles. The Morgan fingerprint density at radius 1 is 1.00 bits per heavy atom. The monoisotopic (exact) mass is 504 g/mol. The number of amides is 5. The van der Waals surface area contributed by atoms with Gasteiger partial charge in [-0.25, -0.2) is 19.8 Å². The van der Waals surface area contributed by atoms with Crippen molar-refractivity contribution in [2.45, 2.75) is 38.6 Å². The first-order valence-corrected chi connectivity index (χ1v) is 12.8. The van der Waals surface area contributed by atoms with Crippen LogP contribution in [0.5, 0.6) is 0 Å². The second-order valence-corrected chi connectivity index (χ2v) is 10.6. The maximum atomic E-state index is 13.1. The van der Waals surface area contributed by atoms with Crippen molar-refractivity contribution in [2.75, 3.05) is 19.6 Å². The number of carbonyl (C=O) groups excluding carboxylic acids is 4. The summed E-state index contributed by atoms with van der Waals surface area (Å²) in [7, 11) is 0. The van der Waals surface area contributed by atoms with E-state index in [2.05, 4.69) is 33.2 Å². The lowest BCUT2D eigenvalue weighted by atomic mass is 9.91. The largest absolute Gasteiger partial charge is 0.343 e. The Kier molecular flexibility index (Phi) is 5.53. The van der Waals surface area contributed by atoms with Gasteiger partial charge in [0.05, 0.1) is 23.4 Å². The van der Waals surface area contributed by atoms with E-state index in [4.69, 9.17) is 0 Å². The normalized spacial score (nSPS) is 19.4. The minimum absolute atomic E-state index is 0.0124. The fourth-order valence-corrected chi connectivity index (χ4v) is 6.14. The number of thiophene rings is 1. The van der Waals surface area contributed by atoms with Crippen LogP contribution in [-0.2, 0) is 11.3 Å². The highest BCUT2D eigenvalue weighted by atomic mass is 32.1. The van der Waals surface area contributed by atoms with Gasteiger partial charge in [-0.3, -0.25) is 24.6 Å². The molecule has 0 saturated carbocycles. The summed E-state index contributed by atoms with van der Waals surface area (Å²) in [4.78, 5) is 63.2. The third-order valence-corrected chi connectivity index (χ3v) is 8.02. The van der Waals surface area contributed by atoms with E-state index in [1.54, 1.807) is 29.8 Å². The number of fused-ring (bicyclic) bond motifs is 2. The van der Waals surface area contributed by atoms with Gasteiger partial charge in [0.1, 0.15) is 11.2 Å². The average molecular weight is 505 g/mol. The number of nitrogens with zero attached hydrogens (tertiary/aromatic N) is 5. The van der Waals surface area contributed by atoms with Gasteiger partial charge in [-0.15, -0.1) is 11.3 Å². The van der Waals surface area contributed by atoms with Crippen LogP contribution in [0.3, 0.4) is 0 Å². The number of carbonyl (C=O) groups is 4. The fraction of sp³-hybridized carbons (Fsp3) is 0.360. The number of piperidine rings is 1. The van der Waals surface area contributed by atoms with Crippen molar-refractivity contribution in [1.82, 2.24) is 30.2 Å². The lowest BCUT2D eigenvalue weighted by molar-refractivity contribution is -0.122. The molecule has 184 valence electrons. The quantitative estimate of drug-likeness (QED) is 0.543. The summed E-state index contributed by atoms with van der Waals surface area (Å²) < 4.78 is 0. The van der Waals surface area contributed by atoms with Crippen LogP contribution in [0.1, 0.15) is 62.0 Å². The molecule has 2 aromatic heterocycles. The number of aromatic nitrogens is 2. The minimum atomic E-state index is -0.762. The zero-order chi connectivity index (χ0) is 25.0. The lowest BCUT2D eigenvalue weighted by Crippen LogP contribution is -2.58. The van der Waals surface area contributed by atoms with E-state index < -0.39 is 23.8 Å². The van der Waals surface area contributed by atoms with E-state index in [1.165, 1.54) is 4.88 Å². The molecule has 2 saturated heterocycles. The van der Waals surface area contributed by atoms with Gasteiger partial charge in [-0.2, -0.15) is 5.01 Å². The van der Waals surface area contributed by atoms with E-state index in [9.17, 15) is 19.2 Å². The molecule has 1 N–H and O–H groups in total. The summed E-state index contributed by atoms with van der Waals surface area (Å²) in [6.07, 6.45) is 3.67. The Hall–Kier alpha value is -3.70. The Morgan fingerprint density at radius 2 is 1.78 bits per heavy atom. The molecule has 0 atom stereocenters. The van der Waals surface area contributed by atoms with Crippen molar-refractivity contribution >= 4 is 45.3 Å². The minimum Gasteiger partial charge on any atom is -0.299 e. The Bertz CT molecular complexity index is 1430. The highest BCUT2D eigenvalue weighted by Crippen LogP contribution is 2.34. The van der Waals surface area contributed by atoms with Crippen molar-refractivity contribution in [2.24, 2.45) is 0 Å². The second-order valence-electron chi connectivity index (χ2n) is 9.41. The van der Waals surface area contributed by atoms with Gasteiger partial charge in [0.2, 0.25) is 5.91 Å².